The fourth-order valence-electron chi connectivity index (χ4n) is 2.62. The highest BCUT2D eigenvalue weighted by atomic mass is 32.2. The Hall–Kier alpha value is -3.18. The van der Waals surface area contributed by atoms with Gasteiger partial charge < -0.3 is 4.74 Å². The van der Waals surface area contributed by atoms with Crippen LogP contribution in [0.4, 0.5) is 11.6 Å². The third-order valence-corrected chi connectivity index (χ3v) is 6.74. The number of sulfonamides is 2. The first-order valence-corrected chi connectivity index (χ1v) is 11.7. The van der Waals surface area contributed by atoms with E-state index in [1.165, 1.54) is 55.6 Å². The number of nitrogens with zero attached hydrogens (tertiary/aromatic N) is 2. The van der Waals surface area contributed by atoms with Crippen molar-refractivity contribution in [3.8, 4) is 5.75 Å². The van der Waals surface area contributed by atoms with E-state index in [1.807, 2.05) is 0 Å². The van der Waals surface area contributed by atoms with Crippen LogP contribution in [0.15, 0.2) is 64.4 Å². The van der Waals surface area contributed by atoms with Crippen molar-refractivity contribution in [2.24, 2.45) is 0 Å². The molecule has 2 N–H and O–H groups in total. The van der Waals surface area contributed by atoms with Gasteiger partial charge in [-0.25, -0.2) is 31.5 Å². The molecule has 0 aliphatic rings. The molecule has 1 aromatic heterocycles. The number of aryl methyl sites for hydroxylation is 2. The van der Waals surface area contributed by atoms with Crippen LogP contribution in [0.25, 0.3) is 0 Å². The average molecular weight is 449 g/mol. The van der Waals surface area contributed by atoms with E-state index in [9.17, 15) is 16.8 Å². The molecular formula is C19H20N4O5S2. The van der Waals surface area contributed by atoms with E-state index < -0.39 is 20.0 Å². The second-order valence-corrected chi connectivity index (χ2v) is 9.75. The van der Waals surface area contributed by atoms with Gasteiger partial charge in [0.05, 0.1) is 16.9 Å². The van der Waals surface area contributed by atoms with E-state index in [2.05, 4.69) is 19.4 Å². The number of ether oxygens (including phenoxy) is 1. The van der Waals surface area contributed by atoms with Gasteiger partial charge in [0.15, 0.2) is 0 Å². The van der Waals surface area contributed by atoms with Gasteiger partial charge in [0.2, 0.25) is 5.95 Å². The van der Waals surface area contributed by atoms with Gasteiger partial charge in [0, 0.05) is 17.1 Å². The van der Waals surface area contributed by atoms with Crippen molar-refractivity contribution in [3.05, 3.63) is 66.0 Å². The largest absolute Gasteiger partial charge is 0.497 e. The van der Waals surface area contributed by atoms with Crippen molar-refractivity contribution in [2.75, 3.05) is 16.6 Å². The zero-order valence-corrected chi connectivity index (χ0v) is 18.1. The minimum Gasteiger partial charge on any atom is -0.497 e. The van der Waals surface area contributed by atoms with Crippen LogP contribution in [0.1, 0.15) is 11.4 Å². The summed E-state index contributed by atoms with van der Waals surface area (Å²) in [6.07, 6.45) is 0. The van der Waals surface area contributed by atoms with Crippen LogP contribution in [0.5, 0.6) is 5.75 Å². The molecule has 0 saturated heterocycles. The molecule has 30 heavy (non-hydrogen) atoms. The summed E-state index contributed by atoms with van der Waals surface area (Å²) in [6, 6.07) is 12.9. The fourth-order valence-corrected chi connectivity index (χ4v) is 4.62. The zero-order chi connectivity index (χ0) is 21.9. The quantitative estimate of drug-likeness (QED) is 0.569. The Bertz CT molecular complexity index is 1240. The van der Waals surface area contributed by atoms with Crippen molar-refractivity contribution < 1.29 is 21.6 Å². The highest BCUT2D eigenvalue weighted by Crippen LogP contribution is 2.21. The number of anilines is 2. The lowest BCUT2D eigenvalue weighted by molar-refractivity contribution is 0.414. The third-order valence-electron chi connectivity index (χ3n) is 3.99. The van der Waals surface area contributed by atoms with Crippen LogP contribution in [0, 0.1) is 13.8 Å². The van der Waals surface area contributed by atoms with Gasteiger partial charge in [-0.15, -0.1) is 0 Å². The zero-order valence-electron chi connectivity index (χ0n) is 16.4. The first kappa shape index (κ1) is 21.5. The van der Waals surface area contributed by atoms with E-state index in [-0.39, 0.29) is 21.4 Å². The first-order valence-electron chi connectivity index (χ1n) is 8.71. The Labute approximate surface area is 175 Å². The normalized spacial score (nSPS) is 11.7. The average Bonchev–Trinajstić information content (AvgIpc) is 2.67. The molecule has 158 valence electrons. The number of benzene rings is 2. The molecule has 0 unspecified atom stereocenters. The molecule has 11 heteroatoms. The smallest absolute Gasteiger partial charge is 0.264 e. The van der Waals surface area contributed by atoms with E-state index in [0.29, 0.717) is 17.1 Å². The summed E-state index contributed by atoms with van der Waals surface area (Å²) in [5.74, 6) is 0.501. The molecule has 0 amide bonds. The van der Waals surface area contributed by atoms with Crippen LogP contribution < -0.4 is 14.2 Å². The van der Waals surface area contributed by atoms with Crippen molar-refractivity contribution in [1.29, 1.82) is 0 Å². The molecule has 0 spiro atoms. The fraction of sp³-hybridized carbons (Fsp3) is 0.158. The van der Waals surface area contributed by atoms with Crippen molar-refractivity contribution in [3.63, 3.8) is 0 Å². The van der Waals surface area contributed by atoms with Crippen molar-refractivity contribution in [1.82, 2.24) is 9.97 Å². The molecule has 1 heterocycles. The Morgan fingerprint density at radius 2 is 1.20 bits per heavy atom. The lowest BCUT2D eigenvalue weighted by Crippen LogP contribution is -2.16. The van der Waals surface area contributed by atoms with Crippen LogP contribution in [0.2, 0.25) is 0 Å². The van der Waals surface area contributed by atoms with Gasteiger partial charge in [0.1, 0.15) is 5.75 Å². The molecule has 9 nitrogen and oxygen atoms in total. The SMILES string of the molecule is COc1ccc(S(=O)(=O)Nc2ccc(S(=O)(=O)Nc3nc(C)cc(C)n3)cc2)cc1. The minimum absolute atomic E-state index is 0.0308. The van der Waals surface area contributed by atoms with Gasteiger partial charge >= 0.3 is 0 Å². The summed E-state index contributed by atoms with van der Waals surface area (Å²) in [5, 5.41) is 0. The van der Waals surface area contributed by atoms with E-state index in [4.69, 9.17) is 4.74 Å². The molecular weight excluding hydrogens is 428 g/mol. The van der Waals surface area contributed by atoms with Gasteiger partial charge in [-0.1, -0.05) is 0 Å². The van der Waals surface area contributed by atoms with Crippen molar-refractivity contribution >= 4 is 31.7 Å². The maximum atomic E-state index is 12.6. The number of rotatable bonds is 7. The predicted octanol–water partition coefficient (Wildman–Crippen LogP) is 2.70. The summed E-state index contributed by atoms with van der Waals surface area (Å²) in [6.45, 7) is 3.46. The van der Waals surface area contributed by atoms with Gasteiger partial charge in [0.25, 0.3) is 20.0 Å². The monoisotopic (exact) mass is 448 g/mol. The van der Waals surface area contributed by atoms with Crippen LogP contribution in [-0.2, 0) is 20.0 Å². The van der Waals surface area contributed by atoms with Crippen molar-refractivity contribution in [2.45, 2.75) is 23.6 Å². The lowest BCUT2D eigenvalue weighted by Gasteiger charge is -2.11. The van der Waals surface area contributed by atoms with Crippen LogP contribution >= 0.6 is 0 Å². The van der Waals surface area contributed by atoms with E-state index >= 15 is 0 Å². The molecule has 2 aromatic carbocycles. The number of nitrogens with one attached hydrogen (secondary N) is 2. The maximum Gasteiger partial charge on any atom is 0.264 e. The second-order valence-electron chi connectivity index (χ2n) is 6.39. The molecule has 0 saturated carbocycles. The van der Waals surface area contributed by atoms with Crippen LogP contribution in [-0.4, -0.2) is 33.9 Å². The third kappa shape index (κ3) is 5.05. The molecule has 0 atom stereocenters. The molecule has 0 aliphatic heterocycles. The first-order chi connectivity index (χ1) is 14.1. The summed E-state index contributed by atoms with van der Waals surface area (Å²) < 4.78 is 59.8. The molecule has 0 radical (unpaired) electrons. The van der Waals surface area contributed by atoms with Gasteiger partial charge in [-0.05, 0) is 68.4 Å². The van der Waals surface area contributed by atoms with Gasteiger partial charge in [-0.2, -0.15) is 0 Å². The molecule has 3 aromatic rings. The Balaban J connectivity index is 1.78. The standard InChI is InChI=1S/C19H20N4O5S2/c1-13-12-14(2)21-19(20-13)23-30(26,27)17-8-4-15(5-9-17)22-29(24,25)18-10-6-16(28-3)7-11-18/h4-12,22H,1-3H3,(H,20,21,23). The summed E-state index contributed by atoms with van der Waals surface area (Å²) in [4.78, 5) is 8.10. The summed E-state index contributed by atoms with van der Waals surface area (Å²) in [7, 11) is -6.28. The highest BCUT2D eigenvalue weighted by molar-refractivity contribution is 7.93. The van der Waals surface area contributed by atoms with Gasteiger partial charge in [-0.3, -0.25) is 4.72 Å². The molecule has 0 aliphatic carbocycles. The summed E-state index contributed by atoms with van der Waals surface area (Å²) in [5.41, 5.74) is 1.47. The minimum atomic E-state index is -3.93. The second kappa shape index (κ2) is 8.28. The number of methoxy groups -OCH3 is 1. The maximum absolute atomic E-state index is 12.6. The molecule has 0 bridgehead atoms. The number of hydrogen-bond acceptors (Lipinski definition) is 7. The number of aromatic nitrogens is 2. The van der Waals surface area contributed by atoms with E-state index in [0.717, 1.165) is 0 Å². The lowest BCUT2D eigenvalue weighted by atomic mass is 10.3. The highest BCUT2D eigenvalue weighted by Gasteiger charge is 2.18. The summed E-state index contributed by atoms with van der Waals surface area (Å²) >= 11 is 0. The van der Waals surface area contributed by atoms with Crippen LogP contribution in [0.3, 0.4) is 0 Å². The topological polar surface area (TPSA) is 127 Å². The number of hydrogen-bond donors (Lipinski definition) is 2. The van der Waals surface area contributed by atoms with E-state index in [1.54, 1.807) is 19.9 Å². The molecule has 0 fully saturated rings. The Kier molecular flexibility index (Phi) is 5.94. The Morgan fingerprint density at radius 1 is 0.733 bits per heavy atom. The predicted molar refractivity (Wildman–Crippen MR) is 113 cm³/mol. The molecule has 3 rings (SSSR count). The Morgan fingerprint density at radius 3 is 1.70 bits per heavy atom.